The molecule has 0 radical (unpaired) electrons. The first-order valence-corrected chi connectivity index (χ1v) is 2.97. The summed E-state index contributed by atoms with van der Waals surface area (Å²) in [5.74, 6) is 0. The molecular formula is CH4KN2O4P. The van der Waals surface area contributed by atoms with E-state index in [-0.39, 0.29) is 51.4 Å². The Labute approximate surface area is 93.8 Å². The molecule has 0 heterocycles. The summed E-state index contributed by atoms with van der Waals surface area (Å²) in [5, 5.41) is 7.60. The van der Waals surface area contributed by atoms with Gasteiger partial charge in [-0.1, -0.05) is 0 Å². The number of hydrogen-bond donors (Lipinski definition) is 3. The molecule has 9 heavy (non-hydrogen) atoms. The molecule has 0 unspecified atom stereocenters. The monoisotopic (exact) mass is 178 g/mol. The van der Waals surface area contributed by atoms with Gasteiger partial charge in [-0.05, 0) is 0 Å². The molecule has 0 aliphatic heterocycles. The van der Waals surface area contributed by atoms with Crippen molar-refractivity contribution < 1.29 is 19.0 Å². The van der Waals surface area contributed by atoms with Crippen LogP contribution in [0, 0.1) is 11.5 Å². The zero-order valence-corrected chi connectivity index (χ0v) is 4.50. The van der Waals surface area contributed by atoms with Gasteiger partial charge < -0.3 is 9.79 Å². The molecule has 0 aromatic heterocycles. The SMILES string of the molecule is N#CNOP(=O)(O)O.[KH]. The van der Waals surface area contributed by atoms with E-state index in [0.29, 0.717) is 0 Å². The Balaban J connectivity index is 0. The van der Waals surface area contributed by atoms with Crippen molar-refractivity contribution in [2.45, 2.75) is 0 Å². The first kappa shape index (κ1) is 12.7. The van der Waals surface area contributed by atoms with E-state index < -0.39 is 7.82 Å². The quantitative estimate of drug-likeness (QED) is 0.155. The summed E-state index contributed by atoms with van der Waals surface area (Å²) < 4.78 is 13.1. The van der Waals surface area contributed by atoms with Crippen LogP contribution in [-0.4, -0.2) is 61.2 Å². The van der Waals surface area contributed by atoms with Crippen LogP contribution in [0.15, 0.2) is 0 Å². The van der Waals surface area contributed by atoms with E-state index in [1.165, 1.54) is 5.48 Å². The molecule has 0 aliphatic rings. The molecule has 0 atom stereocenters. The van der Waals surface area contributed by atoms with Crippen LogP contribution >= 0.6 is 7.82 Å². The molecule has 0 amide bonds. The summed E-state index contributed by atoms with van der Waals surface area (Å²) in [5.41, 5.74) is 1.33. The topological polar surface area (TPSA) is 103 Å². The van der Waals surface area contributed by atoms with E-state index >= 15 is 0 Å². The summed E-state index contributed by atoms with van der Waals surface area (Å²) in [4.78, 5) is 15.6. The van der Waals surface area contributed by atoms with Gasteiger partial charge in [0.2, 0.25) is 6.19 Å². The number of nitrogens with zero attached hydrogens (tertiary/aromatic N) is 1. The molecule has 0 aromatic carbocycles. The van der Waals surface area contributed by atoms with Gasteiger partial charge in [-0.25, -0.2) is 4.57 Å². The summed E-state index contributed by atoms with van der Waals surface area (Å²) >= 11 is 0. The van der Waals surface area contributed by atoms with Crippen LogP contribution < -0.4 is 5.48 Å². The number of nitriles is 1. The number of phosphoric acid groups is 1. The Morgan fingerprint density at radius 2 is 2.11 bits per heavy atom. The van der Waals surface area contributed by atoms with Crippen LogP contribution in [0.5, 0.6) is 0 Å². The zero-order chi connectivity index (χ0) is 6.62. The van der Waals surface area contributed by atoms with Crippen molar-refractivity contribution in [3.8, 4) is 6.19 Å². The van der Waals surface area contributed by atoms with Crippen molar-refractivity contribution in [3.63, 3.8) is 0 Å². The van der Waals surface area contributed by atoms with E-state index in [1.807, 2.05) is 0 Å². The fraction of sp³-hybridized carbons (Fsp3) is 0. The minimum absolute atomic E-state index is 0. The molecule has 0 aromatic rings. The second kappa shape index (κ2) is 5.79. The molecule has 6 nitrogen and oxygen atoms in total. The molecule has 0 rings (SSSR count). The average Bonchev–Trinajstić information content (AvgIpc) is 1.59. The number of hydrogen-bond acceptors (Lipinski definition) is 4. The molecule has 0 aliphatic carbocycles. The molecule has 0 fully saturated rings. The van der Waals surface area contributed by atoms with Gasteiger partial charge in [-0.15, -0.1) is 0 Å². The Kier molecular flexibility index (Phi) is 8.17. The molecule has 0 bridgehead atoms. The predicted octanol–water partition coefficient (Wildman–Crippen LogP) is -1.57. The Morgan fingerprint density at radius 3 is 2.22 bits per heavy atom. The normalized spacial score (nSPS) is 9.00. The second-order valence-electron chi connectivity index (χ2n) is 0.796. The second-order valence-corrected chi connectivity index (χ2v) is 1.96. The van der Waals surface area contributed by atoms with Crippen LogP contribution in [0.25, 0.3) is 0 Å². The van der Waals surface area contributed by atoms with Crippen molar-refractivity contribution in [3.05, 3.63) is 0 Å². The van der Waals surface area contributed by atoms with Gasteiger partial charge in [0.05, 0.1) is 0 Å². The Bertz CT molecular complexity index is 147. The fourth-order valence-electron chi connectivity index (χ4n) is 0.0799. The number of hydroxylamine groups is 1. The molecule has 48 valence electrons. The van der Waals surface area contributed by atoms with Gasteiger partial charge in [0.25, 0.3) is 0 Å². The predicted molar refractivity (Wildman–Crippen MR) is 29.0 cm³/mol. The summed E-state index contributed by atoms with van der Waals surface area (Å²) in [6, 6.07) is 0. The third kappa shape index (κ3) is 12.3. The van der Waals surface area contributed by atoms with E-state index in [0.717, 1.165) is 6.19 Å². The number of nitrogens with one attached hydrogen (secondary N) is 1. The number of rotatable bonds is 2. The van der Waals surface area contributed by atoms with Crippen molar-refractivity contribution in [1.29, 1.82) is 5.26 Å². The molecule has 0 saturated carbocycles. The van der Waals surface area contributed by atoms with Gasteiger partial charge in [0, 0.05) is 0 Å². The Hall–Kier alpha value is 1.04. The molecular weight excluding hydrogens is 174 g/mol. The van der Waals surface area contributed by atoms with Gasteiger partial charge >= 0.3 is 59.2 Å². The van der Waals surface area contributed by atoms with E-state index in [2.05, 4.69) is 4.62 Å². The maximum atomic E-state index is 9.65. The summed E-state index contributed by atoms with van der Waals surface area (Å²) in [6.45, 7) is 0. The van der Waals surface area contributed by atoms with Crippen molar-refractivity contribution in [2.24, 2.45) is 0 Å². The Morgan fingerprint density at radius 1 is 1.67 bits per heavy atom. The van der Waals surface area contributed by atoms with Crippen LogP contribution in [0.2, 0.25) is 0 Å². The third-order valence-corrected chi connectivity index (χ3v) is 0.539. The van der Waals surface area contributed by atoms with Gasteiger partial charge in [-0.2, -0.15) is 15.4 Å². The molecule has 3 N–H and O–H groups in total. The van der Waals surface area contributed by atoms with Crippen LogP contribution in [0.4, 0.5) is 0 Å². The van der Waals surface area contributed by atoms with Crippen molar-refractivity contribution in [1.82, 2.24) is 5.48 Å². The molecule has 8 heteroatoms. The van der Waals surface area contributed by atoms with Gasteiger partial charge in [0.15, 0.2) is 0 Å². The van der Waals surface area contributed by atoms with Crippen molar-refractivity contribution >= 4 is 59.2 Å². The summed E-state index contributed by atoms with van der Waals surface area (Å²) in [6.07, 6.45) is 1.16. The fourth-order valence-corrected chi connectivity index (χ4v) is 0.240. The first-order chi connectivity index (χ1) is 3.56. The maximum absolute atomic E-state index is 9.65. The third-order valence-electron chi connectivity index (χ3n) is 0.210. The van der Waals surface area contributed by atoms with Crippen LogP contribution in [-0.2, 0) is 9.19 Å². The standard InChI is InChI=1S/CH3N2O4P.K.H/c2-1-3-7-8(4,5)6;;/h3H,(H2,4,5,6);;. The van der Waals surface area contributed by atoms with Gasteiger partial charge in [-0.3, -0.25) is 0 Å². The molecule has 0 saturated heterocycles. The summed E-state index contributed by atoms with van der Waals surface area (Å²) in [7, 11) is -4.52. The van der Waals surface area contributed by atoms with Crippen LogP contribution in [0.3, 0.4) is 0 Å². The first-order valence-electron chi connectivity index (χ1n) is 1.44. The average molecular weight is 178 g/mol. The molecule has 0 spiro atoms. The minimum atomic E-state index is -4.52. The zero-order valence-electron chi connectivity index (χ0n) is 3.61. The van der Waals surface area contributed by atoms with Crippen molar-refractivity contribution in [2.75, 3.05) is 0 Å². The van der Waals surface area contributed by atoms with Crippen LogP contribution in [0.1, 0.15) is 0 Å². The van der Waals surface area contributed by atoms with E-state index in [1.54, 1.807) is 0 Å². The van der Waals surface area contributed by atoms with Gasteiger partial charge in [0.1, 0.15) is 0 Å². The van der Waals surface area contributed by atoms with E-state index in [4.69, 9.17) is 15.0 Å². The van der Waals surface area contributed by atoms with E-state index in [9.17, 15) is 4.57 Å².